The first-order valence-electron chi connectivity index (χ1n) is 14.1. The molecule has 3 amide bonds. The van der Waals surface area contributed by atoms with E-state index in [1.54, 1.807) is 0 Å². The molecule has 11 nitrogen and oxygen atoms in total. The molecule has 1 heterocycles. The molecule has 2 aromatic carbocycles. The number of aliphatic hydroxyl groups excluding tert-OH is 1. The van der Waals surface area contributed by atoms with E-state index < -0.39 is 80.0 Å². The van der Waals surface area contributed by atoms with Gasteiger partial charge in [-0.2, -0.15) is 0 Å². The Morgan fingerprint density at radius 1 is 1.11 bits per heavy atom. The average molecular weight is 674 g/mol. The molecule has 2 aromatic rings. The summed E-state index contributed by atoms with van der Waals surface area (Å²) in [7, 11) is -3.00. The Labute approximate surface area is 261 Å². The van der Waals surface area contributed by atoms with E-state index in [4.69, 9.17) is 11.6 Å². The first-order valence-corrected chi connectivity index (χ1v) is 16.0. The fourth-order valence-electron chi connectivity index (χ4n) is 6.98. The summed E-state index contributed by atoms with van der Waals surface area (Å²) in [6, 6.07) is 3.42. The Morgan fingerprint density at radius 3 is 2.33 bits per heavy atom. The summed E-state index contributed by atoms with van der Waals surface area (Å²) in [5, 5.41) is 25.5. The quantitative estimate of drug-likeness (QED) is 0.326. The van der Waals surface area contributed by atoms with Crippen LogP contribution < -0.4 is 10.6 Å². The van der Waals surface area contributed by atoms with Crippen LogP contribution in [0.1, 0.15) is 36.5 Å². The molecule has 2 unspecified atom stereocenters. The Balaban J connectivity index is 1.29. The first-order chi connectivity index (χ1) is 21.1. The molecule has 4 aliphatic rings. The predicted octanol–water partition coefficient (Wildman–Crippen LogP) is 2.88. The van der Waals surface area contributed by atoms with Gasteiger partial charge in [0.25, 0.3) is 5.91 Å². The number of nitrogens with one attached hydrogen (secondary N) is 2. The normalized spacial score (nSPS) is 29.1. The highest BCUT2D eigenvalue weighted by molar-refractivity contribution is 7.92. The SMILES string of the molecule is COC(=O)N1CC[C@@H](O)[C@H]1C(=O)NCC1(O)C2CC(S(=O)(=O)c3cc(C(=O)Nc4cc(F)c(F)c(F)c4)ccc3Cl)CC1C2C. The maximum Gasteiger partial charge on any atom is 0.410 e. The third kappa shape index (κ3) is 5.75. The van der Waals surface area contributed by atoms with Crippen molar-refractivity contribution in [1.82, 2.24) is 10.2 Å². The lowest BCUT2D eigenvalue weighted by Gasteiger charge is -2.62. The number of carbonyl (C=O) groups excluding carboxylic acids is 3. The van der Waals surface area contributed by atoms with E-state index in [0.717, 1.165) is 18.1 Å². The number of nitrogens with zero attached hydrogens (tertiary/aromatic N) is 1. The van der Waals surface area contributed by atoms with Crippen LogP contribution >= 0.6 is 11.6 Å². The van der Waals surface area contributed by atoms with Crippen molar-refractivity contribution >= 4 is 45.0 Å². The number of fused-ring (bicyclic) bond motifs is 2. The maximum absolute atomic E-state index is 13.8. The predicted molar refractivity (Wildman–Crippen MR) is 154 cm³/mol. The van der Waals surface area contributed by atoms with Crippen molar-refractivity contribution in [2.24, 2.45) is 17.8 Å². The van der Waals surface area contributed by atoms with Gasteiger partial charge < -0.3 is 25.6 Å². The lowest BCUT2D eigenvalue weighted by Crippen LogP contribution is -2.71. The first kappa shape index (κ1) is 33.0. The van der Waals surface area contributed by atoms with Crippen molar-refractivity contribution in [3.63, 3.8) is 0 Å². The van der Waals surface area contributed by atoms with Gasteiger partial charge in [-0.3, -0.25) is 14.5 Å². The maximum atomic E-state index is 13.8. The zero-order valence-corrected chi connectivity index (χ0v) is 25.7. The van der Waals surface area contributed by atoms with Crippen LogP contribution in [0.5, 0.6) is 0 Å². The Bertz CT molecular complexity index is 1620. The molecule has 3 aliphatic carbocycles. The van der Waals surface area contributed by atoms with E-state index in [-0.39, 0.29) is 59.4 Å². The van der Waals surface area contributed by atoms with Gasteiger partial charge in [-0.1, -0.05) is 18.5 Å². The number of anilines is 1. The number of rotatable bonds is 7. The van der Waals surface area contributed by atoms with Crippen LogP contribution in [0.4, 0.5) is 23.7 Å². The molecule has 1 saturated heterocycles. The van der Waals surface area contributed by atoms with Crippen molar-refractivity contribution in [3.8, 4) is 0 Å². The number of aliphatic hydroxyl groups is 2. The highest BCUT2D eigenvalue weighted by atomic mass is 35.5. The smallest absolute Gasteiger partial charge is 0.410 e. The molecule has 6 rings (SSSR count). The summed E-state index contributed by atoms with van der Waals surface area (Å²) >= 11 is 6.25. The van der Waals surface area contributed by atoms with Gasteiger partial charge >= 0.3 is 6.09 Å². The van der Waals surface area contributed by atoms with Crippen molar-refractivity contribution in [2.75, 3.05) is 25.5 Å². The van der Waals surface area contributed by atoms with Crippen LogP contribution in [-0.4, -0.2) is 84.6 Å². The van der Waals surface area contributed by atoms with Crippen LogP contribution in [-0.2, 0) is 19.4 Å². The van der Waals surface area contributed by atoms with Gasteiger partial charge in [0.2, 0.25) is 5.91 Å². The van der Waals surface area contributed by atoms with Crippen LogP contribution in [0.3, 0.4) is 0 Å². The summed E-state index contributed by atoms with van der Waals surface area (Å²) in [6.45, 7) is 1.76. The van der Waals surface area contributed by atoms with Gasteiger partial charge in [0, 0.05) is 36.5 Å². The van der Waals surface area contributed by atoms with E-state index >= 15 is 0 Å². The molecule has 16 heteroatoms. The monoisotopic (exact) mass is 673 g/mol. The summed E-state index contributed by atoms with van der Waals surface area (Å²) < 4.78 is 72.7. The number of benzene rings is 2. The highest BCUT2D eigenvalue weighted by Crippen LogP contribution is 2.59. The van der Waals surface area contributed by atoms with Crippen molar-refractivity contribution < 1.29 is 50.9 Å². The molecular weight excluding hydrogens is 643 g/mol. The second-order valence-electron chi connectivity index (χ2n) is 11.7. The third-order valence-corrected chi connectivity index (χ3v) is 12.0. The van der Waals surface area contributed by atoms with Gasteiger partial charge in [0.1, 0.15) is 6.04 Å². The number of amides is 3. The second-order valence-corrected chi connectivity index (χ2v) is 14.3. The molecule has 0 radical (unpaired) electrons. The van der Waals surface area contributed by atoms with Crippen molar-refractivity contribution in [3.05, 3.63) is 58.4 Å². The molecule has 0 aromatic heterocycles. The fourth-order valence-corrected chi connectivity index (χ4v) is 9.34. The standard InChI is InChI=1S/C29H31ClF3N3O8S/c1-13-17-10-16(11-18(13)29(17,41)12-34-27(39)25-22(37)5-6-36(25)28(40)44-2)45(42,43)23-7-14(3-4-19(23)30)26(38)35-15-8-20(31)24(33)21(32)9-15/h3-4,7-9,13,16-18,22,25,37,41H,5-6,10-12H2,1-2H3,(H,34,39)(H,35,38)/t13?,16?,17?,18?,22-,25+,29?/m1/s1. The zero-order chi connectivity index (χ0) is 33.0. The summed E-state index contributed by atoms with van der Waals surface area (Å²) in [4.78, 5) is 38.5. The Hall–Kier alpha value is -3.40. The van der Waals surface area contributed by atoms with E-state index in [9.17, 15) is 46.2 Å². The van der Waals surface area contributed by atoms with Crippen LogP contribution in [0.15, 0.2) is 35.2 Å². The van der Waals surface area contributed by atoms with Crippen molar-refractivity contribution in [2.45, 2.75) is 54.1 Å². The zero-order valence-electron chi connectivity index (χ0n) is 24.1. The molecule has 4 atom stereocenters. The molecule has 3 saturated carbocycles. The number of hydrogen-bond donors (Lipinski definition) is 4. The number of likely N-dealkylation sites (tertiary alicyclic amines) is 1. The van der Waals surface area contributed by atoms with Crippen LogP contribution in [0.2, 0.25) is 5.02 Å². The minimum atomic E-state index is -4.16. The van der Waals surface area contributed by atoms with E-state index in [2.05, 4.69) is 15.4 Å². The van der Waals surface area contributed by atoms with Crippen LogP contribution in [0.25, 0.3) is 0 Å². The highest BCUT2D eigenvalue weighted by Gasteiger charge is 2.64. The number of methoxy groups -OCH3 is 1. The van der Waals surface area contributed by atoms with Gasteiger partial charge in [-0.25, -0.2) is 26.4 Å². The molecule has 2 bridgehead atoms. The molecule has 244 valence electrons. The number of ether oxygens (including phenoxy) is 1. The average Bonchev–Trinajstić information content (AvgIpc) is 3.39. The molecule has 0 spiro atoms. The van der Waals surface area contributed by atoms with E-state index in [1.807, 2.05) is 6.92 Å². The number of hydrogen-bond acceptors (Lipinski definition) is 8. The molecule has 4 fully saturated rings. The van der Waals surface area contributed by atoms with E-state index in [1.165, 1.54) is 12.1 Å². The minimum absolute atomic E-state index is 0.0214. The van der Waals surface area contributed by atoms with E-state index in [0.29, 0.717) is 12.1 Å². The summed E-state index contributed by atoms with van der Waals surface area (Å²) in [6.07, 6.45) is -1.67. The summed E-state index contributed by atoms with van der Waals surface area (Å²) in [5.74, 6) is -7.48. The van der Waals surface area contributed by atoms with Gasteiger partial charge in [0.05, 0.1) is 34.0 Å². The largest absolute Gasteiger partial charge is 0.453 e. The Kier molecular flexibility index (Phi) is 8.85. The van der Waals surface area contributed by atoms with Gasteiger partial charge in [-0.15, -0.1) is 0 Å². The van der Waals surface area contributed by atoms with Crippen LogP contribution in [0, 0.1) is 35.2 Å². The van der Waals surface area contributed by atoms with Gasteiger partial charge in [-0.05, 0) is 55.2 Å². The lowest BCUT2D eigenvalue weighted by molar-refractivity contribution is -0.213. The minimum Gasteiger partial charge on any atom is -0.453 e. The third-order valence-electron chi connectivity index (χ3n) is 9.36. The molecule has 4 N–H and O–H groups in total. The topological polar surface area (TPSA) is 162 Å². The molecule has 1 aliphatic heterocycles. The van der Waals surface area contributed by atoms with Crippen molar-refractivity contribution in [1.29, 1.82) is 0 Å². The molecular formula is C29H31ClF3N3O8S. The Morgan fingerprint density at radius 2 is 1.73 bits per heavy atom. The number of carbonyl (C=O) groups is 3. The second kappa shape index (κ2) is 12.1. The van der Waals surface area contributed by atoms with Gasteiger partial charge in [0.15, 0.2) is 27.3 Å². The fraction of sp³-hybridized carbons (Fsp3) is 0.483. The molecule has 45 heavy (non-hydrogen) atoms. The number of sulfone groups is 1. The summed E-state index contributed by atoms with van der Waals surface area (Å²) in [5.41, 5.74) is -2.01. The lowest BCUT2D eigenvalue weighted by atomic mass is 9.48. The number of halogens is 4.